The molecule has 2 aromatic rings. The van der Waals surface area contributed by atoms with Gasteiger partial charge in [0.1, 0.15) is 11.5 Å². The van der Waals surface area contributed by atoms with Gasteiger partial charge in [0, 0.05) is 30.1 Å². The third-order valence-electron chi connectivity index (χ3n) is 5.16. The smallest absolute Gasteiger partial charge is 0.244 e. The van der Waals surface area contributed by atoms with Crippen molar-refractivity contribution in [2.75, 3.05) is 5.32 Å². The standard InChI is InChI=1S/C22H24N2O3/c1-14-12-19(14)20-10-8-18(27-20)9-11-21(25)23-13-15-2-6-17(7-3-15)24-22(26)16-4-5-16/h2-3,6-11,14,16,19H,4-5,12-13H2,1H3,(H,23,25)(H,24,26). The van der Waals surface area contributed by atoms with Crippen molar-refractivity contribution >= 4 is 23.6 Å². The lowest BCUT2D eigenvalue weighted by Gasteiger charge is -2.06. The fourth-order valence-electron chi connectivity index (χ4n) is 3.08. The minimum atomic E-state index is -0.168. The van der Waals surface area contributed by atoms with E-state index in [0.717, 1.165) is 29.9 Å². The Kier molecular flexibility index (Phi) is 4.84. The molecule has 0 spiro atoms. The second kappa shape index (κ2) is 7.43. The van der Waals surface area contributed by atoms with Gasteiger partial charge in [-0.05, 0) is 61.1 Å². The van der Waals surface area contributed by atoms with Gasteiger partial charge in [0.05, 0.1) is 0 Å². The number of nitrogens with one attached hydrogen (secondary N) is 2. The predicted molar refractivity (Wildman–Crippen MR) is 104 cm³/mol. The average Bonchev–Trinajstić information content (AvgIpc) is 3.59. The average molecular weight is 364 g/mol. The Morgan fingerprint density at radius 3 is 2.56 bits per heavy atom. The van der Waals surface area contributed by atoms with Crippen LogP contribution in [0.4, 0.5) is 5.69 Å². The van der Waals surface area contributed by atoms with Gasteiger partial charge in [-0.1, -0.05) is 19.1 Å². The highest BCUT2D eigenvalue weighted by Gasteiger charge is 2.36. The number of rotatable bonds is 7. The maximum Gasteiger partial charge on any atom is 0.244 e. The van der Waals surface area contributed by atoms with Crippen LogP contribution in [-0.4, -0.2) is 11.8 Å². The highest BCUT2D eigenvalue weighted by molar-refractivity contribution is 5.94. The molecule has 1 aromatic heterocycles. The van der Waals surface area contributed by atoms with E-state index in [2.05, 4.69) is 17.6 Å². The zero-order chi connectivity index (χ0) is 18.8. The number of anilines is 1. The Morgan fingerprint density at radius 2 is 1.89 bits per heavy atom. The molecule has 0 radical (unpaired) electrons. The van der Waals surface area contributed by atoms with E-state index in [1.165, 1.54) is 12.5 Å². The normalized spacial score (nSPS) is 21.2. The van der Waals surface area contributed by atoms with E-state index in [0.29, 0.717) is 24.1 Å². The van der Waals surface area contributed by atoms with E-state index >= 15 is 0 Å². The van der Waals surface area contributed by atoms with Gasteiger partial charge in [-0.2, -0.15) is 0 Å². The van der Waals surface area contributed by atoms with Crippen LogP contribution in [0, 0.1) is 11.8 Å². The summed E-state index contributed by atoms with van der Waals surface area (Å²) in [5.74, 6) is 3.07. The van der Waals surface area contributed by atoms with Crippen molar-refractivity contribution in [2.45, 2.75) is 38.6 Å². The van der Waals surface area contributed by atoms with Crippen LogP contribution in [0.25, 0.3) is 6.08 Å². The van der Waals surface area contributed by atoms with Gasteiger partial charge in [0.25, 0.3) is 0 Å². The summed E-state index contributed by atoms with van der Waals surface area (Å²) < 4.78 is 5.76. The third-order valence-corrected chi connectivity index (χ3v) is 5.16. The number of carbonyl (C=O) groups excluding carboxylic acids is 2. The SMILES string of the molecule is CC1CC1c1ccc(C=CC(=O)NCc2ccc(NC(=O)C3CC3)cc2)o1. The lowest BCUT2D eigenvalue weighted by atomic mass is 10.2. The molecule has 2 atom stereocenters. The lowest BCUT2D eigenvalue weighted by Crippen LogP contribution is -2.20. The number of furan rings is 1. The summed E-state index contributed by atoms with van der Waals surface area (Å²) in [6.45, 7) is 2.65. The Bertz CT molecular complexity index is 862. The zero-order valence-electron chi connectivity index (χ0n) is 15.4. The summed E-state index contributed by atoms with van der Waals surface area (Å²) in [4.78, 5) is 23.7. The van der Waals surface area contributed by atoms with Crippen LogP contribution in [0.2, 0.25) is 0 Å². The van der Waals surface area contributed by atoms with Crippen LogP contribution in [0.1, 0.15) is 49.2 Å². The van der Waals surface area contributed by atoms with Crippen LogP contribution in [0.5, 0.6) is 0 Å². The minimum Gasteiger partial charge on any atom is -0.461 e. The maximum absolute atomic E-state index is 12.0. The first-order valence-corrected chi connectivity index (χ1v) is 9.54. The van der Waals surface area contributed by atoms with E-state index < -0.39 is 0 Å². The third kappa shape index (κ3) is 4.67. The Balaban J connectivity index is 1.23. The lowest BCUT2D eigenvalue weighted by molar-refractivity contribution is -0.117. The summed E-state index contributed by atoms with van der Waals surface area (Å²) in [5, 5.41) is 5.76. The topological polar surface area (TPSA) is 71.3 Å². The summed E-state index contributed by atoms with van der Waals surface area (Å²) in [7, 11) is 0. The van der Waals surface area contributed by atoms with Crippen molar-refractivity contribution in [1.29, 1.82) is 0 Å². The molecule has 27 heavy (non-hydrogen) atoms. The molecule has 1 aromatic carbocycles. The largest absolute Gasteiger partial charge is 0.461 e. The van der Waals surface area contributed by atoms with E-state index in [9.17, 15) is 9.59 Å². The first-order valence-electron chi connectivity index (χ1n) is 9.54. The second-order valence-electron chi connectivity index (χ2n) is 7.57. The highest BCUT2D eigenvalue weighted by atomic mass is 16.3. The molecular weight excluding hydrogens is 340 g/mol. The molecule has 2 amide bonds. The first kappa shape index (κ1) is 17.6. The molecular formula is C22H24N2O3. The Morgan fingerprint density at radius 1 is 1.15 bits per heavy atom. The van der Waals surface area contributed by atoms with Crippen molar-refractivity contribution in [2.24, 2.45) is 11.8 Å². The summed E-state index contributed by atoms with van der Waals surface area (Å²) in [6.07, 6.45) is 6.34. The summed E-state index contributed by atoms with van der Waals surface area (Å²) >= 11 is 0. The van der Waals surface area contributed by atoms with Gasteiger partial charge < -0.3 is 15.1 Å². The molecule has 2 N–H and O–H groups in total. The van der Waals surface area contributed by atoms with E-state index in [1.54, 1.807) is 6.08 Å². The molecule has 140 valence electrons. The Labute approximate surface area is 158 Å². The van der Waals surface area contributed by atoms with E-state index in [-0.39, 0.29) is 17.7 Å². The predicted octanol–water partition coefficient (Wildman–Crippen LogP) is 4.08. The molecule has 0 bridgehead atoms. The monoisotopic (exact) mass is 364 g/mol. The molecule has 1 heterocycles. The number of benzene rings is 1. The molecule has 5 nitrogen and oxygen atoms in total. The molecule has 0 saturated heterocycles. The highest BCUT2D eigenvalue weighted by Crippen LogP contribution is 2.47. The van der Waals surface area contributed by atoms with Gasteiger partial charge in [0.2, 0.25) is 11.8 Å². The fourth-order valence-corrected chi connectivity index (χ4v) is 3.08. The van der Waals surface area contributed by atoms with Crippen molar-refractivity contribution in [3.05, 3.63) is 59.6 Å². The zero-order valence-corrected chi connectivity index (χ0v) is 15.4. The molecule has 4 rings (SSSR count). The number of hydrogen-bond donors (Lipinski definition) is 2. The second-order valence-corrected chi connectivity index (χ2v) is 7.57. The van der Waals surface area contributed by atoms with Crippen molar-refractivity contribution < 1.29 is 14.0 Å². The van der Waals surface area contributed by atoms with Gasteiger partial charge >= 0.3 is 0 Å². The van der Waals surface area contributed by atoms with Crippen molar-refractivity contribution in [3.63, 3.8) is 0 Å². The van der Waals surface area contributed by atoms with Crippen LogP contribution in [0.15, 0.2) is 46.9 Å². The molecule has 2 saturated carbocycles. The fraction of sp³-hybridized carbons (Fsp3) is 0.364. The van der Waals surface area contributed by atoms with Crippen LogP contribution in [0.3, 0.4) is 0 Å². The van der Waals surface area contributed by atoms with Crippen LogP contribution >= 0.6 is 0 Å². The Hall–Kier alpha value is -2.82. The van der Waals surface area contributed by atoms with Crippen molar-refractivity contribution in [1.82, 2.24) is 5.32 Å². The van der Waals surface area contributed by atoms with Gasteiger partial charge in [-0.15, -0.1) is 0 Å². The maximum atomic E-state index is 12.0. The van der Waals surface area contributed by atoms with Crippen molar-refractivity contribution in [3.8, 4) is 0 Å². The molecule has 5 heteroatoms. The van der Waals surface area contributed by atoms with Gasteiger partial charge in [0.15, 0.2) is 0 Å². The van der Waals surface area contributed by atoms with Crippen LogP contribution < -0.4 is 10.6 Å². The number of carbonyl (C=O) groups is 2. The molecule has 2 fully saturated rings. The minimum absolute atomic E-state index is 0.0958. The van der Waals surface area contributed by atoms with E-state index in [4.69, 9.17) is 4.42 Å². The quantitative estimate of drug-likeness (QED) is 0.727. The molecule has 2 unspecified atom stereocenters. The van der Waals surface area contributed by atoms with Gasteiger partial charge in [-0.3, -0.25) is 9.59 Å². The molecule has 2 aliphatic rings. The van der Waals surface area contributed by atoms with Crippen LogP contribution in [-0.2, 0) is 16.1 Å². The van der Waals surface area contributed by atoms with Gasteiger partial charge in [-0.25, -0.2) is 0 Å². The summed E-state index contributed by atoms with van der Waals surface area (Å²) in [6, 6.07) is 11.4. The summed E-state index contributed by atoms with van der Waals surface area (Å²) in [5.41, 5.74) is 1.77. The number of hydrogen-bond acceptors (Lipinski definition) is 3. The van der Waals surface area contributed by atoms with E-state index in [1.807, 2.05) is 36.4 Å². The number of amides is 2. The first-order chi connectivity index (χ1) is 13.1. The molecule has 2 aliphatic carbocycles. The molecule has 0 aliphatic heterocycles.